The third-order valence-electron chi connectivity index (χ3n) is 3.06. The first-order chi connectivity index (χ1) is 11.0. The molecule has 23 heavy (non-hydrogen) atoms. The Bertz CT molecular complexity index is 717. The van der Waals surface area contributed by atoms with E-state index in [9.17, 15) is 9.18 Å². The Balaban J connectivity index is 1.90. The van der Waals surface area contributed by atoms with Crippen LogP contribution in [0.3, 0.4) is 0 Å². The molecule has 120 valence electrons. The van der Waals surface area contributed by atoms with Crippen LogP contribution >= 0.6 is 11.6 Å². The molecule has 2 aromatic carbocycles. The Kier molecular flexibility index (Phi) is 5.71. The Hall–Kier alpha value is -2.40. The van der Waals surface area contributed by atoms with E-state index in [-0.39, 0.29) is 5.02 Å². The largest absolute Gasteiger partial charge is 0.383 e. The summed E-state index contributed by atoms with van der Waals surface area (Å²) in [4.78, 5) is 17.1. The molecule has 0 spiro atoms. The van der Waals surface area contributed by atoms with Gasteiger partial charge in [0.1, 0.15) is 5.82 Å². The van der Waals surface area contributed by atoms with E-state index in [1.165, 1.54) is 18.3 Å². The van der Waals surface area contributed by atoms with Crippen molar-refractivity contribution < 1.29 is 14.0 Å². The summed E-state index contributed by atoms with van der Waals surface area (Å²) in [6.45, 7) is 3.55. The van der Waals surface area contributed by atoms with Gasteiger partial charge in [-0.3, -0.25) is 4.79 Å². The molecule has 2 rings (SSSR count). The van der Waals surface area contributed by atoms with Crippen LogP contribution in [0.4, 0.5) is 10.1 Å². The third kappa shape index (κ3) is 5.07. The Morgan fingerprint density at radius 2 is 2.00 bits per heavy atom. The van der Waals surface area contributed by atoms with Gasteiger partial charge in [0.05, 0.1) is 16.9 Å². The van der Waals surface area contributed by atoms with Crippen molar-refractivity contribution in [3.8, 4) is 0 Å². The summed E-state index contributed by atoms with van der Waals surface area (Å²) in [5.74, 6) is -0.903. The number of carbonyl (C=O) groups excluding carboxylic acids is 1. The summed E-state index contributed by atoms with van der Waals surface area (Å²) < 4.78 is 13.0. The highest BCUT2D eigenvalue weighted by Gasteiger charge is 2.15. The minimum absolute atomic E-state index is 0.119. The highest BCUT2D eigenvalue weighted by molar-refractivity contribution is 6.33. The lowest BCUT2D eigenvalue weighted by atomic mass is 10.2. The van der Waals surface area contributed by atoms with E-state index in [1.54, 1.807) is 6.92 Å². The number of rotatable bonds is 5. The zero-order chi connectivity index (χ0) is 16.8. The topological polar surface area (TPSA) is 50.7 Å². The summed E-state index contributed by atoms with van der Waals surface area (Å²) in [5, 5.41) is 6.47. The van der Waals surface area contributed by atoms with Crippen LogP contribution in [0.5, 0.6) is 0 Å². The predicted octanol–water partition coefficient (Wildman–Crippen LogP) is 4.17. The number of anilines is 1. The fourth-order valence-corrected chi connectivity index (χ4v) is 1.92. The van der Waals surface area contributed by atoms with Gasteiger partial charge in [0, 0.05) is 0 Å². The first kappa shape index (κ1) is 17.0. The van der Waals surface area contributed by atoms with E-state index >= 15 is 0 Å². The van der Waals surface area contributed by atoms with Crippen LogP contribution in [-0.2, 0) is 9.63 Å². The molecular formula is C17H16ClFN2O2. The SMILES string of the molecule is Cc1ccc(/C=N\O[C@@H](C)C(=O)Nc2ccc(F)cc2Cl)cc1. The molecule has 1 N–H and O–H groups in total. The monoisotopic (exact) mass is 334 g/mol. The van der Waals surface area contributed by atoms with Gasteiger partial charge >= 0.3 is 0 Å². The van der Waals surface area contributed by atoms with E-state index in [1.807, 2.05) is 31.2 Å². The molecule has 6 heteroatoms. The minimum Gasteiger partial charge on any atom is -0.383 e. The molecule has 4 nitrogen and oxygen atoms in total. The highest BCUT2D eigenvalue weighted by Crippen LogP contribution is 2.22. The number of carbonyl (C=O) groups is 1. The van der Waals surface area contributed by atoms with Crippen molar-refractivity contribution in [3.63, 3.8) is 0 Å². The molecule has 0 fully saturated rings. The molecule has 0 aliphatic heterocycles. The van der Waals surface area contributed by atoms with Crippen LogP contribution < -0.4 is 5.32 Å². The zero-order valence-corrected chi connectivity index (χ0v) is 13.5. The molecule has 0 bridgehead atoms. The molecule has 2 aromatic rings. The average Bonchev–Trinajstić information content (AvgIpc) is 2.51. The lowest BCUT2D eigenvalue weighted by molar-refractivity contribution is -0.126. The van der Waals surface area contributed by atoms with Crippen molar-refractivity contribution in [3.05, 3.63) is 64.4 Å². The molecule has 0 aliphatic rings. The number of halogens is 2. The van der Waals surface area contributed by atoms with Gasteiger partial charge in [0.2, 0.25) is 6.10 Å². The fourth-order valence-electron chi connectivity index (χ4n) is 1.71. The number of oxime groups is 1. The molecule has 1 atom stereocenters. The van der Waals surface area contributed by atoms with Gasteiger partial charge in [-0.15, -0.1) is 0 Å². The summed E-state index contributed by atoms with van der Waals surface area (Å²) in [5.41, 5.74) is 2.33. The second-order valence-electron chi connectivity index (χ2n) is 5.01. The van der Waals surface area contributed by atoms with Crippen LogP contribution in [0, 0.1) is 12.7 Å². The van der Waals surface area contributed by atoms with E-state index < -0.39 is 17.8 Å². The molecule has 0 saturated carbocycles. The van der Waals surface area contributed by atoms with E-state index in [0.29, 0.717) is 5.69 Å². The molecular weight excluding hydrogens is 319 g/mol. The number of nitrogens with one attached hydrogen (secondary N) is 1. The quantitative estimate of drug-likeness (QED) is 0.659. The molecule has 0 unspecified atom stereocenters. The van der Waals surface area contributed by atoms with Crippen molar-refractivity contribution in [1.82, 2.24) is 0 Å². The molecule has 0 radical (unpaired) electrons. The Morgan fingerprint density at radius 1 is 1.30 bits per heavy atom. The van der Waals surface area contributed by atoms with Crippen LogP contribution in [-0.4, -0.2) is 18.2 Å². The van der Waals surface area contributed by atoms with Crippen molar-refractivity contribution in [2.24, 2.45) is 5.16 Å². The second-order valence-corrected chi connectivity index (χ2v) is 5.41. The molecule has 0 saturated heterocycles. The van der Waals surface area contributed by atoms with Gasteiger partial charge in [-0.2, -0.15) is 0 Å². The van der Waals surface area contributed by atoms with Gasteiger partial charge in [-0.05, 0) is 37.6 Å². The molecule has 0 heterocycles. The third-order valence-corrected chi connectivity index (χ3v) is 3.37. The number of amides is 1. The molecule has 1 amide bonds. The number of hydrogen-bond donors (Lipinski definition) is 1. The maximum Gasteiger partial charge on any atom is 0.268 e. The average molecular weight is 335 g/mol. The van der Waals surface area contributed by atoms with Crippen LogP contribution in [0.25, 0.3) is 0 Å². The first-order valence-electron chi connectivity index (χ1n) is 6.97. The second kappa shape index (κ2) is 7.74. The molecule has 0 aliphatic carbocycles. The normalized spacial score (nSPS) is 12.2. The van der Waals surface area contributed by atoms with Gasteiger partial charge in [-0.1, -0.05) is 46.6 Å². The van der Waals surface area contributed by atoms with Gasteiger partial charge in [0.15, 0.2) is 0 Å². The first-order valence-corrected chi connectivity index (χ1v) is 7.35. The lowest BCUT2D eigenvalue weighted by Gasteiger charge is -2.11. The van der Waals surface area contributed by atoms with Crippen molar-refractivity contribution in [2.75, 3.05) is 5.32 Å². The standard InChI is InChI=1S/C17H16ClFN2O2/c1-11-3-5-13(6-4-11)10-20-23-12(2)17(22)21-16-8-7-14(19)9-15(16)18/h3-10,12H,1-2H3,(H,21,22)/b20-10-/t12-/m0/s1. The van der Waals surface area contributed by atoms with Crippen LogP contribution in [0.15, 0.2) is 47.6 Å². The van der Waals surface area contributed by atoms with E-state index in [0.717, 1.165) is 17.2 Å². The highest BCUT2D eigenvalue weighted by atomic mass is 35.5. The number of aryl methyl sites for hydroxylation is 1. The summed E-state index contributed by atoms with van der Waals surface area (Å²) in [6, 6.07) is 11.4. The zero-order valence-electron chi connectivity index (χ0n) is 12.7. The van der Waals surface area contributed by atoms with Crippen LogP contribution in [0.1, 0.15) is 18.1 Å². The lowest BCUT2D eigenvalue weighted by Crippen LogP contribution is -2.26. The predicted molar refractivity (Wildman–Crippen MR) is 89.4 cm³/mol. The smallest absolute Gasteiger partial charge is 0.268 e. The van der Waals surface area contributed by atoms with Gasteiger partial charge < -0.3 is 10.2 Å². The fraction of sp³-hybridized carbons (Fsp3) is 0.176. The van der Waals surface area contributed by atoms with E-state index in [4.69, 9.17) is 16.4 Å². The van der Waals surface area contributed by atoms with Crippen molar-refractivity contribution in [2.45, 2.75) is 20.0 Å². The summed E-state index contributed by atoms with van der Waals surface area (Å²) in [6.07, 6.45) is 0.700. The minimum atomic E-state index is -0.821. The van der Waals surface area contributed by atoms with Gasteiger partial charge in [-0.25, -0.2) is 4.39 Å². The summed E-state index contributed by atoms with van der Waals surface area (Å²) >= 11 is 5.85. The molecule has 0 aromatic heterocycles. The number of hydrogen-bond acceptors (Lipinski definition) is 3. The maximum atomic E-state index is 13.0. The van der Waals surface area contributed by atoms with Gasteiger partial charge in [0.25, 0.3) is 5.91 Å². The van der Waals surface area contributed by atoms with Crippen molar-refractivity contribution in [1.29, 1.82) is 0 Å². The van der Waals surface area contributed by atoms with E-state index in [2.05, 4.69) is 10.5 Å². The van der Waals surface area contributed by atoms with Crippen molar-refractivity contribution >= 4 is 29.4 Å². The maximum absolute atomic E-state index is 13.0. The number of benzene rings is 2. The Labute approximate surface area is 138 Å². The van der Waals surface area contributed by atoms with Crippen LogP contribution in [0.2, 0.25) is 5.02 Å². The summed E-state index contributed by atoms with van der Waals surface area (Å²) in [7, 11) is 0. The Morgan fingerprint density at radius 3 is 2.65 bits per heavy atom. The number of nitrogens with zero attached hydrogens (tertiary/aromatic N) is 1.